The highest BCUT2D eigenvalue weighted by Crippen LogP contribution is 2.13. The molecule has 4 nitrogen and oxygen atoms in total. The van der Waals surface area contributed by atoms with Crippen molar-refractivity contribution in [1.82, 2.24) is 10.5 Å². The van der Waals surface area contributed by atoms with Crippen LogP contribution in [-0.4, -0.2) is 22.4 Å². The second kappa shape index (κ2) is 4.11. The molecule has 1 aromatic heterocycles. The third-order valence-electron chi connectivity index (χ3n) is 2.32. The molecule has 14 heavy (non-hydrogen) atoms. The van der Waals surface area contributed by atoms with E-state index in [0.29, 0.717) is 6.54 Å². The molecule has 4 heteroatoms. The minimum atomic E-state index is -0.268. The van der Waals surface area contributed by atoms with E-state index in [4.69, 9.17) is 9.63 Å². The van der Waals surface area contributed by atoms with Crippen molar-refractivity contribution in [3.05, 3.63) is 17.0 Å². The quantitative estimate of drug-likeness (QED) is 0.762. The van der Waals surface area contributed by atoms with Crippen molar-refractivity contribution in [3.8, 4) is 0 Å². The number of hydrogen-bond acceptors (Lipinski definition) is 4. The zero-order valence-electron chi connectivity index (χ0n) is 9.22. The maximum absolute atomic E-state index is 9.06. The Morgan fingerprint density at radius 1 is 1.43 bits per heavy atom. The van der Waals surface area contributed by atoms with Gasteiger partial charge >= 0.3 is 0 Å². The van der Waals surface area contributed by atoms with Gasteiger partial charge in [-0.3, -0.25) is 0 Å². The average Bonchev–Trinajstić information content (AvgIpc) is 2.44. The van der Waals surface area contributed by atoms with Crippen LogP contribution in [0.4, 0.5) is 0 Å². The Kier molecular flexibility index (Phi) is 3.29. The van der Waals surface area contributed by atoms with Crippen molar-refractivity contribution >= 4 is 0 Å². The Morgan fingerprint density at radius 3 is 2.50 bits per heavy atom. The van der Waals surface area contributed by atoms with E-state index < -0.39 is 0 Å². The molecule has 0 spiro atoms. The molecule has 0 amide bonds. The number of nitrogens with one attached hydrogen (secondary N) is 1. The molecule has 80 valence electrons. The third kappa shape index (κ3) is 2.56. The molecule has 0 aliphatic heterocycles. The van der Waals surface area contributed by atoms with Crippen molar-refractivity contribution in [2.24, 2.45) is 0 Å². The van der Waals surface area contributed by atoms with E-state index in [1.807, 2.05) is 27.7 Å². The highest BCUT2D eigenvalue weighted by atomic mass is 16.5. The van der Waals surface area contributed by atoms with Gasteiger partial charge in [0.05, 0.1) is 12.3 Å². The summed E-state index contributed by atoms with van der Waals surface area (Å²) in [6.45, 7) is 8.49. The SMILES string of the molecule is Cc1noc(C)c1CNC(C)(C)CO. The summed E-state index contributed by atoms with van der Waals surface area (Å²) in [5.74, 6) is 0.837. The van der Waals surface area contributed by atoms with Gasteiger partial charge in [0.2, 0.25) is 0 Å². The standard InChI is InChI=1S/C10H18N2O2/c1-7-9(8(2)14-12-7)5-11-10(3,4)6-13/h11,13H,5-6H2,1-4H3. The molecule has 0 unspecified atom stereocenters. The molecule has 0 bridgehead atoms. The lowest BCUT2D eigenvalue weighted by atomic mass is 10.1. The van der Waals surface area contributed by atoms with Crippen LogP contribution in [0.1, 0.15) is 30.9 Å². The van der Waals surface area contributed by atoms with E-state index in [-0.39, 0.29) is 12.1 Å². The van der Waals surface area contributed by atoms with Crippen LogP contribution in [-0.2, 0) is 6.54 Å². The van der Waals surface area contributed by atoms with Crippen LogP contribution in [0.5, 0.6) is 0 Å². The molecule has 0 saturated carbocycles. The Morgan fingerprint density at radius 2 is 2.07 bits per heavy atom. The minimum absolute atomic E-state index is 0.108. The summed E-state index contributed by atoms with van der Waals surface area (Å²) >= 11 is 0. The molecule has 0 aromatic carbocycles. The van der Waals surface area contributed by atoms with Crippen LogP contribution in [0.15, 0.2) is 4.52 Å². The van der Waals surface area contributed by atoms with Crippen molar-refractivity contribution in [2.75, 3.05) is 6.61 Å². The number of aliphatic hydroxyl groups excluding tert-OH is 1. The summed E-state index contributed by atoms with van der Waals surface area (Å²) in [4.78, 5) is 0. The average molecular weight is 198 g/mol. The van der Waals surface area contributed by atoms with Gasteiger partial charge in [0.15, 0.2) is 0 Å². The lowest BCUT2D eigenvalue weighted by molar-refractivity contribution is 0.187. The predicted octanol–water partition coefficient (Wildman–Crippen LogP) is 1.15. The second-order valence-electron chi connectivity index (χ2n) is 4.20. The Hall–Kier alpha value is -0.870. The zero-order chi connectivity index (χ0) is 10.8. The Bertz CT molecular complexity index is 286. The molecule has 0 aliphatic carbocycles. The van der Waals surface area contributed by atoms with Gasteiger partial charge < -0.3 is 14.9 Å². The molecule has 0 saturated heterocycles. The first-order chi connectivity index (χ1) is 6.46. The molecular weight excluding hydrogens is 180 g/mol. The largest absolute Gasteiger partial charge is 0.394 e. The van der Waals surface area contributed by atoms with Gasteiger partial charge in [-0.1, -0.05) is 5.16 Å². The first-order valence-corrected chi connectivity index (χ1v) is 4.74. The van der Waals surface area contributed by atoms with E-state index in [2.05, 4.69) is 10.5 Å². The molecule has 1 heterocycles. The summed E-state index contributed by atoms with van der Waals surface area (Å²) in [5, 5.41) is 16.2. The topological polar surface area (TPSA) is 58.3 Å². The number of aromatic nitrogens is 1. The maximum Gasteiger partial charge on any atom is 0.138 e. The van der Waals surface area contributed by atoms with Gasteiger partial charge in [0.25, 0.3) is 0 Å². The summed E-state index contributed by atoms with van der Waals surface area (Å²) in [7, 11) is 0. The first-order valence-electron chi connectivity index (χ1n) is 4.74. The van der Waals surface area contributed by atoms with Crippen LogP contribution < -0.4 is 5.32 Å². The molecule has 0 aliphatic rings. The summed E-state index contributed by atoms with van der Waals surface area (Å²) < 4.78 is 5.04. The molecule has 2 N–H and O–H groups in total. The second-order valence-corrected chi connectivity index (χ2v) is 4.20. The number of aliphatic hydroxyl groups is 1. The van der Waals surface area contributed by atoms with Gasteiger partial charge in [0, 0.05) is 17.6 Å². The lowest BCUT2D eigenvalue weighted by Gasteiger charge is -2.23. The smallest absolute Gasteiger partial charge is 0.138 e. The minimum Gasteiger partial charge on any atom is -0.394 e. The van der Waals surface area contributed by atoms with Crippen molar-refractivity contribution in [2.45, 2.75) is 39.8 Å². The fourth-order valence-electron chi connectivity index (χ4n) is 1.14. The van der Waals surface area contributed by atoms with Gasteiger partial charge in [-0.2, -0.15) is 0 Å². The molecule has 1 aromatic rings. The summed E-state index contributed by atoms with van der Waals surface area (Å²) in [6.07, 6.45) is 0. The number of hydrogen-bond donors (Lipinski definition) is 2. The molecule has 0 radical (unpaired) electrons. The molecule has 0 fully saturated rings. The number of rotatable bonds is 4. The fraction of sp³-hybridized carbons (Fsp3) is 0.700. The van der Waals surface area contributed by atoms with E-state index in [1.54, 1.807) is 0 Å². The highest BCUT2D eigenvalue weighted by Gasteiger charge is 2.17. The predicted molar refractivity (Wildman–Crippen MR) is 54.0 cm³/mol. The van der Waals surface area contributed by atoms with Gasteiger partial charge in [-0.05, 0) is 27.7 Å². The van der Waals surface area contributed by atoms with Crippen molar-refractivity contribution in [3.63, 3.8) is 0 Å². The van der Waals surface area contributed by atoms with E-state index in [9.17, 15) is 0 Å². The molecule has 0 atom stereocenters. The van der Waals surface area contributed by atoms with Gasteiger partial charge in [0.1, 0.15) is 5.76 Å². The Balaban J connectivity index is 2.62. The normalized spacial score (nSPS) is 12.1. The molecule has 1 rings (SSSR count). The van der Waals surface area contributed by atoms with Crippen molar-refractivity contribution < 1.29 is 9.63 Å². The first kappa shape index (κ1) is 11.2. The van der Waals surface area contributed by atoms with Crippen LogP contribution >= 0.6 is 0 Å². The van der Waals surface area contributed by atoms with Crippen LogP contribution in [0.3, 0.4) is 0 Å². The maximum atomic E-state index is 9.06. The highest BCUT2D eigenvalue weighted by molar-refractivity contribution is 5.20. The number of aryl methyl sites for hydroxylation is 2. The zero-order valence-corrected chi connectivity index (χ0v) is 9.22. The summed E-state index contributed by atoms with van der Waals surface area (Å²) in [6, 6.07) is 0. The third-order valence-corrected chi connectivity index (χ3v) is 2.32. The van der Waals surface area contributed by atoms with Crippen molar-refractivity contribution in [1.29, 1.82) is 0 Å². The van der Waals surface area contributed by atoms with E-state index in [0.717, 1.165) is 17.0 Å². The number of nitrogens with zero attached hydrogens (tertiary/aromatic N) is 1. The molecular formula is C10H18N2O2. The van der Waals surface area contributed by atoms with E-state index in [1.165, 1.54) is 0 Å². The van der Waals surface area contributed by atoms with Gasteiger partial charge in [-0.15, -0.1) is 0 Å². The fourth-order valence-corrected chi connectivity index (χ4v) is 1.14. The monoisotopic (exact) mass is 198 g/mol. The summed E-state index contributed by atoms with van der Waals surface area (Å²) in [5.41, 5.74) is 1.71. The lowest BCUT2D eigenvalue weighted by Crippen LogP contribution is -2.42. The van der Waals surface area contributed by atoms with E-state index >= 15 is 0 Å². The van der Waals surface area contributed by atoms with Crippen LogP contribution in [0.25, 0.3) is 0 Å². The van der Waals surface area contributed by atoms with Crippen LogP contribution in [0, 0.1) is 13.8 Å². The Labute approximate surface area is 84.3 Å². The van der Waals surface area contributed by atoms with Gasteiger partial charge in [-0.25, -0.2) is 0 Å². The van der Waals surface area contributed by atoms with Crippen LogP contribution in [0.2, 0.25) is 0 Å².